The van der Waals surface area contributed by atoms with Gasteiger partial charge in [0, 0.05) is 4.43 Å². The summed E-state index contributed by atoms with van der Waals surface area (Å²) in [6.45, 7) is 2.06. The van der Waals surface area contributed by atoms with Crippen LogP contribution in [0.25, 0.3) is 0 Å². The van der Waals surface area contributed by atoms with Gasteiger partial charge in [-0.3, -0.25) is 4.55 Å². The summed E-state index contributed by atoms with van der Waals surface area (Å²) >= 11 is 2.27. The van der Waals surface area contributed by atoms with Crippen molar-refractivity contribution in [1.82, 2.24) is 0 Å². The summed E-state index contributed by atoms with van der Waals surface area (Å²) < 4.78 is 31.2. The first-order chi connectivity index (χ1) is 6.45. The molecule has 0 aliphatic carbocycles. The summed E-state index contributed by atoms with van der Waals surface area (Å²) in [6, 6.07) is 6.31. The van der Waals surface area contributed by atoms with Gasteiger partial charge in [-0.1, -0.05) is 41.6 Å². The third-order valence-corrected chi connectivity index (χ3v) is 4.17. The molecule has 0 aromatic heterocycles. The molecule has 0 saturated heterocycles. The van der Waals surface area contributed by atoms with Crippen LogP contribution in [0, 0.1) is 0 Å². The summed E-state index contributed by atoms with van der Waals surface area (Å²) in [7, 11) is -4.05. The molecule has 5 heteroatoms. The molecule has 1 rings (SSSR count). The maximum atomic E-state index is 10.7. The van der Waals surface area contributed by atoms with Gasteiger partial charge >= 0.3 is 0 Å². The molecule has 0 spiro atoms. The molecule has 78 valence electrons. The van der Waals surface area contributed by atoms with E-state index in [9.17, 15) is 8.42 Å². The lowest BCUT2D eigenvalue weighted by atomic mass is 10.0. The van der Waals surface area contributed by atoms with E-state index in [2.05, 4.69) is 29.5 Å². The first kappa shape index (κ1) is 11.9. The number of hydrogen-bond donors (Lipinski definition) is 1. The molecule has 0 fully saturated rings. The van der Waals surface area contributed by atoms with Crippen LogP contribution in [0.5, 0.6) is 0 Å². The zero-order chi connectivity index (χ0) is 10.8. The van der Waals surface area contributed by atoms with Crippen molar-refractivity contribution in [2.75, 3.05) is 4.43 Å². The molecule has 0 aliphatic heterocycles. The van der Waals surface area contributed by atoms with Crippen molar-refractivity contribution in [2.24, 2.45) is 0 Å². The van der Waals surface area contributed by atoms with Gasteiger partial charge in [0.05, 0.1) is 4.90 Å². The minimum Gasteiger partial charge on any atom is -0.282 e. The lowest BCUT2D eigenvalue weighted by Gasteiger charge is -2.07. The van der Waals surface area contributed by atoms with Gasteiger partial charge in [-0.05, 0) is 23.6 Å². The Bertz CT molecular complexity index is 397. The molecule has 14 heavy (non-hydrogen) atoms. The smallest absolute Gasteiger partial charge is 0.282 e. The van der Waals surface area contributed by atoms with Crippen molar-refractivity contribution < 1.29 is 13.0 Å². The fraction of sp³-hybridized carbons (Fsp3) is 0.333. The van der Waals surface area contributed by atoms with Gasteiger partial charge in [0.1, 0.15) is 0 Å². The van der Waals surface area contributed by atoms with Crippen LogP contribution in [-0.2, 0) is 10.1 Å². The average molecular weight is 326 g/mol. The lowest BCUT2D eigenvalue weighted by Crippen LogP contribution is -1.99. The summed E-state index contributed by atoms with van der Waals surface area (Å²) in [6.07, 6.45) is 0. The Hall–Kier alpha value is -0.140. The Balaban J connectivity index is 3.01. The normalized spacial score (nSPS) is 13.9. The molecule has 3 nitrogen and oxygen atoms in total. The summed E-state index contributed by atoms with van der Waals surface area (Å²) in [5.74, 6) is 0.394. The first-order valence-corrected chi connectivity index (χ1v) is 7.05. The third kappa shape index (κ3) is 2.93. The van der Waals surface area contributed by atoms with Gasteiger partial charge in [0.15, 0.2) is 0 Å². The molecule has 0 heterocycles. The summed E-state index contributed by atoms with van der Waals surface area (Å²) in [5.41, 5.74) is 1.08. The monoisotopic (exact) mass is 326 g/mol. The van der Waals surface area contributed by atoms with Crippen LogP contribution < -0.4 is 0 Å². The van der Waals surface area contributed by atoms with Crippen molar-refractivity contribution in [3.05, 3.63) is 29.8 Å². The summed E-state index contributed by atoms with van der Waals surface area (Å²) in [5, 5.41) is 0. The topological polar surface area (TPSA) is 54.4 Å². The van der Waals surface area contributed by atoms with E-state index in [1.807, 2.05) is 0 Å². The van der Waals surface area contributed by atoms with Gasteiger partial charge in [-0.2, -0.15) is 8.42 Å². The highest BCUT2D eigenvalue weighted by Crippen LogP contribution is 2.19. The van der Waals surface area contributed by atoms with Gasteiger partial charge < -0.3 is 0 Å². The highest BCUT2D eigenvalue weighted by Gasteiger charge is 2.10. The standard InChI is InChI=1S/C9H11IO3S/c1-7(6-10)8-2-4-9(5-3-8)14(11,12)13/h2-5,7H,6H2,1H3,(H,11,12,13). The fourth-order valence-electron chi connectivity index (χ4n) is 1.06. The predicted molar refractivity (Wildman–Crippen MR) is 63.6 cm³/mol. The molecule has 1 aromatic rings. The van der Waals surface area contributed by atoms with E-state index in [4.69, 9.17) is 4.55 Å². The maximum absolute atomic E-state index is 10.7. The van der Waals surface area contributed by atoms with Crippen LogP contribution in [0.3, 0.4) is 0 Å². The van der Waals surface area contributed by atoms with E-state index in [1.165, 1.54) is 12.1 Å². The van der Waals surface area contributed by atoms with E-state index in [0.717, 1.165) is 9.99 Å². The Morgan fingerprint density at radius 2 is 1.86 bits per heavy atom. The number of alkyl halides is 1. The van der Waals surface area contributed by atoms with Crippen LogP contribution in [0.4, 0.5) is 0 Å². The van der Waals surface area contributed by atoms with Crippen molar-refractivity contribution >= 4 is 32.7 Å². The lowest BCUT2D eigenvalue weighted by molar-refractivity contribution is 0.483. The zero-order valence-corrected chi connectivity index (χ0v) is 10.6. The molecule has 0 saturated carbocycles. The van der Waals surface area contributed by atoms with Gasteiger partial charge in [0.2, 0.25) is 0 Å². The molecular weight excluding hydrogens is 315 g/mol. The Morgan fingerprint density at radius 3 is 2.21 bits per heavy atom. The zero-order valence-electron chi connectivity index (χ0n) is 7.64. The van der Waals surface area contributed by atoms with E-state index >= 15 is 0 Å². The second-order valence-electron chi connectivity index (χ2n) is 3.10. The molecule has 1 N–H and O–H groups in total. The SMILES string of the molecule is CC(CI)c1ccc(S(=O)(=O)O)cc1. The third-order valence-electron chi connectivity index (χ3n) is 1.98. The minimum atomic E-state index is -4.05. The van der Waals surface area contributed by atoms with Crippen LogP contribution in [0.1, 0.15) is 18.4 Å². The molecular formula is C9H11IO3S. The second kappa shape index (κ2) is 4.59. The van der Waals surface area contributed by atoms with Crippen LogP contribution >= 0.6 is 22.6 Å². The first-order valence-electron chi connectivity index (χ1n) is 4.08. The molecule has 1 aromatic carbocycles. The van der Waals surface area contributed by atoms with Crippen molar-refractivity contribution in [2.45, 2.75) is 17.7 Å². The number of hydrogen-bond acceptors (Lipinski definition) is 2. The number of halogens is 1. The number of rotatable bonds is 3. The van der Waals surface area contributed by atoms with Crippen molar-refractivity contribution in [1.29, 1.82) is 0 Å². The van der Waals surface area contributed by atoms with E-state index in [1.54, 1.807) is 12.1 Å². The number of benzene rings is 1. The Morgan fingerprint density at radius 1 is 1.36 bits per heavy atom. The van der Waals surface area contributed by atoms with Crippen molar-refractivity contribution in [3.8, 4) is 0 Å². The van der Waals surface area contributed by atoms with Gasteiger partial charge in [-0.25, -0.2) is 0 Å². The van der Waals surface area contributed by atoms with Crippen LogP contribution in [-0.4, -0.2) is 17.4 Å². The van der Waals surface area contributed by atoms with E-state index in [0.29, 0.717) is 5.92 Å². The van der Waals surface area contributed by atoms with Crippen molar-refractivity contribution in [3.63, 3.8) is 0 Å². The molecule has 1 atom stereocenters. The fourth-order valence-corrected chi connectivity index (χ4v) is 2.05. The van der Waals surface area contributed by atoms with Crippen LogP contribution in [0.2, 0.25) is 0 Å². The Kier molecular flexibility index (Phi) is 3.91. The second-order valence-corrected chi connectivity index (χ2v) is 5.40. The Labute approximate surface area is 97.4 Å². The van der Waals surface area contributed by atoms with E-state index < -0.39 is 10.1 Å². The molecule has 0 radical (unpaired) electrons. The molecule has 0 amide bonds. The van der Waals surface area contributed by atoms with Crippen LogP contribution in [0.15, 0.2) is 29.2 Å². The minimum absolute atomic E-state index is 0.0538. The largest absolute Gasteiger partial charge is 0.294 e. The maximum Gasteiger partial charge on any atom is 0.294 e. The van der Waals surface area contributed by atoms with E-state index in [-0.39, 0.29) is 4.90 Å². The molecule has 0 aliphatic rings. The van der Waals surface area contributed by atoms with Gasteiger partial charge in [-0.15, -0.1) is 0 Å². The average Bonchev–Trinajstić information content (AvgIpc) is 2.15. The molecule has 0 bridgehead atoms. The molecule has 1 unspecified atom stereocenters. The highest BCUT2D eigenvalue weighted by atomic mass is 127. The van der Waals surface area contributed by atoms with Gasteiger partial charge in [0.25, 0.3) is 10.1 Å². The highest BCUT2D eigenvalue weighted by molar-refractivity contribution is 14.1. The predicted octanol–water partition coefficient (Wildman–Crippen LogP) is 2.47. The quantitative estimate of drug-likeness (QED) is 0.527. The summed E-state index contributed by atoms with van der Waals surface area (Å²) in [4.78, 5) is -0.0538.